The van der Waals surface area contributed by atoms with E-state index < -0.39 is 5.82 Å². The number of amides is 1. The lowest BCUT2D eigenvalue weighted by Gasteiger charge is -2.10. The zero-order valence-corrected chi connectivity index (χ0v) is 14.6. The number of hydrogen-bond donors (Lipinski definition) is 2. The molecule has 0 saturated carbocycles. The number of hydrogen-bond acceptors (Lipinski definition) is 3. The number of anilines is 1. The van der Waals surface area contributed by atoms with Crippen molar-refractivity contribution in [1.82, 2.24) is 0 Å². The van der Waals surface area contributed by atoms with Crippen LogP contribution < -0.4 is 15.8 Å². The van der Waals surface area contributed by atoms with Gasteiger partial charge in [-0.2, -0.15) is 0 Å². The molecule has 0 radical (unpaired) electrons. The largest absolute Gasteiger partial charge is 0.486 e. The van der Waals surface area contributed by atoms with Crippen molar-refractivity contribution < 1.29 is 18.3 Å². The van der Waals surface area contributed by atoms with Crippen molar-refractivity contribution in [1.29, 1.82) is 0 Å². The molecule has 0 aliphatic rings. The molecule has 0 fully saturated rings. The fourth-order valence-electron chi connectivity index (χ4n) is 2.07. The summed E-state index contributed by atoms with van der Waals surface area (Å²) in [6.07, 6.45) is 0.834. The fraction of sp³-hybridized carbons (Fsp3) is 0.278. The van der Waals surface area contributed by atoms with Crippen LogP contribution in [0.1, 0.15) is 25.3 Å². The van der Waals surface area contributed by atoms with Gasteiger partial charge < -0.3 is 15.8 Å². The van der Waals surface area contributed by atoms with Crippen molar-refractivity contribution >= 4 is 24.0 Å². The lowest BCUT2D eigenvalue weighted by Crippen LogP contribution is -2.19. The molecule has 2 rings (SSSR count). The predicted octanol–water partition coefficient (Wildman–Crippen LogP) is 4.03. The molecular formula is C18H21ClF2N2O2. The summed E-state index contributed by atoms with van der Waals surface area (Å²) in [4.78, 5) is 11.7. The molecule has 0 aromatic heterocycles. The van der Waals surface area contributed by atoms with Gasteiger partial charge in [0.1, 0.15) is 12.4 Å². The summed E-state index contributed by atoms with van der Waals surface area (Å²) in [6, 6.07) is 10.00. The lowest BCUT2D eigenvalue weighted by molar-refractivity contribution is -0.116. The van der Waals surface area contributed by atoms with E-state index in [1.165, 1.54) is 24.3 Å². The fourth-order valence-corrected chi connectivity index (χ4v) is 2.07. The summed E-state index contributed by atoms with van der Waals surface area (Å²) >= 11 is 0. The average Bonchev–Trinajstić information content (AvgIpc) is 2.52. The van der Waals surface area contributed by atoms with Crippen LogP contribution >= 0.6 is 12.4 Å². The van der Waals surface area contributed by atoms with Gasteiger partial charge in [0.15, 0.2) is 11.6 Å². The summed E-state index contributed by atoms with van der Waals surface area (Å²) in [5, 5.41) is 2.61. The van der Waals surface area contributed by atoms with E-state index >= 15 is 0 Å². The number of ether oxygens (including phenoxy) is 1. The summed E-state index contributed by atoms with van der Waals surface area (Å²) in [7, 11) is 0. The highest BCUT2D eigenvalue weighted by molar-refractivity contribution is 5.90. The van der Waals surface area contributed by atoms with E-state index in [2.05, 4.69) is 5.32 Å². The van der Waals surface area contributed by atoms with E-state index in [0.717, 1.165) is 0 Å². The van der Waals surface area contributed by atoms with Crippen LogP contribution in [0.2, 0.25) is 0 Å². The molecule has 1 atom stereocenters. The van der Waals surface area contributed by atoms with Gasteiger partial charge >= 0.3 is 0 Å². The Bertz CT molecular complexity index is 711. The standard InChI is InChI=1S/C18H20F2N2O2.ClH/c1-12(21)5-8-18(23)22-15-6-7-17(16(20)10-15)24-11-13-3-2-4-14(19)9-13;/h2-4,6-7,9-10,12H,5,8,11,21H2,1H3,(H,22,23);1H. The summed E-state index contributed by atoms with van der Waals surface area (Å²) < 4.78 is 32.5. The SMILES string of the molecule is CC(N)CCC(=O)Nc1ccc(OCc2cccc(F)c2)c(F)c1.Cl. The number of nitrogens with one attached hydrogen (secondary N) is 1. The van der Waals surface area contributed by atoms with Gasteiger partial charge in [0.2, 0.25) is 5.91 Å². The van der Waals surface area contributed by atoms with Crippen LogP contribution in [0.3, 0.4) is 0 Å². The number of benzene rings is 2. The summed E-state index contributed by atoms with van der Waals surface area (Å²) in [6.45, 7) is 1.87. The van der Waals surface area contributed by atoms with Crippen molar-refractivity contribution in [3.8, 4) is 5.75 Å². The van der Waals surface area contributed by atoms with Crippen LogP contribution in [0.4, 0.5) is 14.5 Å². The van der Waals surface area contributed by atoms with Gasteiger partial charge in [-0.1, -0.05) is 12.1 Å². The normalized spacial score (nSPS) is 11.4. The van der Waals surface area contributed by atoms with E-state index in [1.807, 2.05) is 6.92 Å². The van der Waals surface area contributed by atoms with E-state index in [1.54, 1.807) is 18.2 Å². The first-order valence-electron chi connectivity index (χ1n) is 7.66. The highest BCUT2D eigenvalue weighted by Gasteiger charge is 2.09. The molecule has 7 heteroatoms. The van der Waals surface area contributed by atoms with Crippen LogP contribution in [-0.2, 0) is 11.4 Å². The third-order valence-electron chi connectivity index (χ3n) is 3.33. The zero-order chi connectivity index (χ0) is 17.5. The lowest BCUT2D eigenvalue weighted by atomic mass is 10.2. The molecule has 0 aliphatic carbocycles. The monoisotopic (exact) mass is 370 g/mol. The highest BCUT2D eigenvalue weighted by atomic mass is 35.5. The quantitative estimate of drug-likeness (QED) is 0.773. The second kappa shape index (κ2) is 9.96. The van der Waals surface area contributed by atoms with E-state index in [4.69, 9.17) is 10.5 Å². The smallest absolute Gasteiger partial charge is 0.224 e. The maximum absolute atomic E-state index is 14.0. The molecule has 0 saturated heterocycles. The Morgan fingerprint density at radius 2 is 2.00 bits per heavy atom. The summed E-state index contributed by atoms with van der Waals surface area (Å²) in [5.74, 6) is -1.16. The Morgan fingerprint density at radius 3 is 2.64 bits per heavy atom. The Hall–Kier alpha value is -2.18. The molecule has 1 amide bonds. The molecule has 2 aromatic carbocycles. The zero-order valence-electron chi connectivity index (χ0n) is 13.8. The molecule has 2 aromatic rings. The Kier molecular flexibility index (Phi) is 8.31. The molecular weight excluding hydrogens is 350 g/mol. The first-order chi connectivity index (χ1) is 11.4. The minimum atomic E-state index is -0.601. The van der Waals surface area contributed by atoms with Crippen molar-refractivity contribution in [3.05, 3.63) is 59.7 Å². The van der Waals surface area contributed by atoms with Crippen molar-refractivity contribution in [2.45, 2.75) is 32.4 Å². The van der Waals surface area contributed by atoms with Gasteiger partial charge in [-0.3, -0.25) is 4.79 Å². The van der Waals surface area contributed by atoms with Gasteiger partial charge in [0.05, 0.1) is 0 Å². The molecule has 0 heterocycles. The van der Waals surface area contributed by atoms with Gasteiger partial charge in [-0.15, -0.1) is 12.4 Å². The maximum Gasteiger partial charge on any atom is 0.224 e. The molecule has 0 bridgehead atoms. The first-order valence-corrected chi connectivity index (χ1v) is 7.66. The molecule has 4 nitrogen and oxygen atoms in total. The molecule has 3 N–H and O–H groups in total. The molecule has 1 unspecified atom stereocenters. The van der Waals surface area contributed by atoms with Gasteiger partial charge in [-0.05, 0) is 43.2 Å². The van der Waals surface area contributed by atoms with E-state index in [0.29, 0.717) is 17.7 Å². The number of carbonyl (C=O) groups excluding carboxylic acids is 1. The number of carbonyl (C=O) groups is 1. The molecule has 0 aliphatic heterocycles. The molecule has 25 heavy (non-hydrogen) atoms. The molecule has 0 spiro atoms. The van der Waals surface area contributed by atoms with Crippen LogP contribution in [-0.4, -0.2) is 11.9 Å². The van der Waals surface area contributed by atoms with Gasteiger partial charge in [-0.25, -0.2) is 8.78 Å². The van der Waals surface area contributed by atoms with Gasteiger partial charge in [0, 0.05) is 24.2 Å². The number of nitrogens with two attached hydrogens (primary N) is 1. The number of rotatable bonds is 7. The van der Waals surface area contributed by atoms with Crippen LogP contribution in [0.25, 0.3) is 0 Å². The van der Waals surface area contributed by atoms with Crippen LogP contribution in [0.5, 0.6) is 5.75 Å². The Labute approximate surface area is 151 Å². The van der Waals surface area contributed by atoms with Crippen LogP contribution in [0.15, 0.2) is 42.5 Å². The third-order valence-corrected chi connectivity index (χ3v) is 3.33. The highest BCUT2D eigenvalue weighted by Crippen LogP contribution is 2.22. The van der Waals surface area contributed by atoms with Crippen molar-refractivity contribution in [3.63, 3.8) is 0 Å². The van der Waals surface area contributed by atoms with E-state index in [9.17, 15) is 13.6 Å². The molecule has 136 valence electrons. The van der Waals surface area contributed by atoms with Gasteiger partial charge in [0.25, 0.3) is 0 Å². The Morgan fingerprint density at radius 1 is 1.24 bits per heavy atom. The van der Waals surface area contributed by atoms with E-state index in [-0.39, 0.29) is 49.0 Å². The average molecular weight is 371 g/mol. The minimum absolute atomic E-state index is 0. The van der Waals surface area contributed by atoms with Crippen LogP contribution in [0, 0.1) is 11.6 Å². The number of halogens is 3. The second-order valence-corrected chi connectivity index (χ2v) is 5.63. The predicted molar refractivity (Wildman–Crippen MR) is 95.9 cm³/mol. The minimum Gasteiger partial charge on any atom is -0.486 e. The summed E-state index contributed by atoms with van der Waals surface area (Å²) in [5.41, 5.74) is 6.54. The second-order valence-electron chi connectivity index (χ2n) is 5.63. The third kappa shape index (κ3) is 7.07. The Balaban J connectivity index is 0.00000312. The van der Waals surface area contributed by atoms with Crippen molar-refractivity contribution in [2.75, 3.05) is 5.32 Å². The first kappa shape index (κ1) is 20.9. The topological polar surface area (TPSA) is 64.4 Å². The maximum atomic E-state index is 14.0. The van der Waals surface area contributed by atoms with Crippen molar-refractivity contribution in [2.24, 2.45) is 5.73 Å².